The first-order chi connectivity index (χ1) is 10.7. The molecule has 0 aliphatic carbocycles. The number of H-pyrrole nitrogens is 1. The van der Waals surface area contributed by atoms with E-state index in [2.05, 4.69) is 4.98 Å². The molecule has 0 amide bonds. The molecule has 1 atom stereocenters. The van der Waals surface area contributed by atoms with E-state index in [9.17, 15) is 9.59 Å². The number of rotatable bonds is 4. The Hall–Kier alpha value is -2.82. The Labute approximate surface area is 127 Å². The Morgan fingerprint density at radius 1 is 1.14 bits per heavy atom. The summed E-state index contributed by atoms with van der Waals surface area (Å²) in [5.41, 5.74) is 1.75. The van der Waals surface area contributed by atoms with E-state index in [1.165, 1.54) is 4.57 Å². The van der Waals surface area contributed by atoms with E-state index < -0.39 is 12.0 Å². The van der Waals surface area contributed by atoms with Gasteiger partial charge in [0.1, 0.15) is 0 Å². The monoisotopic (exact) mass is 296 g/mol. The fourth-order valence-electron chi connectivity index (χ4n) is 2.58. The second-order valence-corrected chi connectivity index (χ2v) is 4.88. The summed E-state index contributed by atoms with van der Waals surface area (Å²) in [6.45, 7) is 2.01. The van der Waals surface area contributed by atoms with E-state index in [0.29, 0.717) is 16.6 Å². The Kier molecular flexibility index (Phi) is 3.78. The maximum atomic E-state index is 12.4. The summed E-state index contributed by atoms with van der Waals surface area (Å²) in [5.74, 6) is -0.444. The Morgan fingerprint density at radius 3 is 2.55 bits per heavy atom. The minimum absolute atomic E-state index is 0.263. The lowest BCUT2D eigenvalue weighted by atomic mass is 10.1. The molecule has 0 saturated heterocycles. The van der Waals surface area contributed by atoms with Gasteiger partial charge in [-0.2, -0.15) is 0 Å². The summed E-state index contributed by atoms with van der Waals surface area (Å²) in [4.78, 5) is 27.6. The third-order valence-electron chi connectivity index (χ3n) is 3.51. The molecule has 1 aromatic heterocycles. The third kappa shape index (κ3) is 2.41. The van der Waals surface area contributed by atoms with Crippen molar-refractivity contribution < 1.29 is 9.53 Å². The summed E-state index contributed by atoms with van der Waals surface area (Å²) in [7, 11) is 0. The fourth-order valence-corrected chi connectivity index (χ4v) is 2.58. The van der Waals surface area contributed by atoms with Crippen LogP contribution in [0.15, 0.2) is 59.4 Å². The molecular weight excluding hydrogens is 280 g/mol. The maximum Gasteiger partial charge on any atom is 0.333 e. The van der Waals surface area contributed by atoms with E-state index in [0.717, 1.165) is 0 Å². The number of carbonyl (C=O) groups excluding carboxylic acids is 1. The molecule has 0 fully saturated rings. The van der Waals surface area contributed by atoms with Crippen LogP contribution in [0.1, 0.15) is 18.5 Å². The number of aromatic nitrogens is 2. The van der Waals surface area contributed by atoms with Gasteiger partial charge in [-0.3, -0.25) is 4.57 Å². The van der Waals surface area contributed by atoms with E-state index in [1.54, 1.807) is 13.0 Å². The minimum Gasteiger partial charge on any atom is -0.464 e. The van der Waals surface area contributed by atoms with Crippen molar-refractivity contribution >= 4 is 17.0 Å². The molecule has 112 valence electrons. The number of carbonyl (C=O) groups is 1. The predicted molar refractivity (Wildman–Crippen MR) is 83.8 cm³/mol. The van der Waals surface area contributed by atoms with Gasteiger partial charge >= 0.3 is 11.7 Å². The number of imidazole rings is 1. The summed E-state index contributed by atoms with van der Waals surface area (Å²) in [5, 5.41) is 0. The van der Waals surface area contributed by atoms with Gasteiger partial charge in [0.2, 0.25) is 0 Å². The number of benzene rings is 2. The van der Waals surface area contributed by atoms with Crippen LogP contribution >= 0.6 is 0 Å². The van der Waals surface area contributed by atoms with Gasteiger partial charge in [-0.25, -0.2) is 9.59 Å². The van der Waals surface area contributed by atoms with Crippen LogP contribution in [0.25, 0.3) is 11.0 Å². The predicted octanol–water partition coefficient (Wildman–Crippen LogP) is 2.48. The highest BCUT2D eigenvalue weighted by molar-refractivity contribution is 5.83. The van der Waals surface area contributed by atoms with E-state index >= 15 is 0 Å². The van der Waals surface area contributed by atoms with Gasteiger partial charge in [0, 0.05) is 0 Å². The van der Waals surface area contributed by atoms with Crippen LogP contribution in [0, 0.1) is 0 Å². The number of fused-ring (bicyclic) bond motifs is 1. The van der Waals surface area contributed by atoms with Crippen molar-refractivity contribution in [2.24, 2.45) is 0 Å². The zero-order valence-corrected chi connectivity index (χ0v) is 12.2. The first kappa shape index (κ1) is 14.1. The highest BCUT2D eigenvalue weighted by Gasteiger charge is 2.27. The van der Waals surface area contributed by atoms with Crippen LogP contribution in [0.4, 0.5) is 0 Å². The van der Waals surface area contributed by atoms with E-state index in [1.807, 2.05) is 48.5 Å². The molecule has 2 aromatic carbocycles. The smallest absolute Gasteiger partial charge is 0.333 e. The number of hydrogen-bond donors (Lipinski definition) is 1. The first-order valence-electron chi connectivity index (χ1n) is 7.13. The molecule has 3 aromatic rings. The van der Waals surface area contributed by atoms with Crippen LogP contribution in [-0.4, -0.2) is 22.1 Å². The zero-order chi connectivity index (χ0) is 15.5. The number of aromatic amines is 1. The third-order valence-corrected chi connectivity index (χ3v) is 3.51. The Morgan fingerprint density at radius 2 is 1.82 bits per heavy atom. The molecule has 0 aliphatic heterocycles. The molecule has 0 bridgehead atoms. The van der Waals surface area contributed by atoms with Crippen molar-refractivity contribution in [3.63, 3.8) is 0 Å². The topological polar surface area (TPSA) is 64.1 Å². The molecule has 1 heterocycles. The molecule has 0 radical (unpaired) electrons. The molecule has 22 heavy (non-hydrogen) atoms. The van der Waals surface area contributed by atoms with Gasteiger partial charge in [-0.05, 0) is 24.6 Å². The van der Waals surface area contributed by atoms with Crippen LogP contribution in [-0.2, 0) is 9.53 Å². The van der Waals surface area contributed by atoms with Crippen molar-refractivity contribution in [3.05, 3.63) is 70.6 Å². The SMILES string of the molecule is CCOC(=O)C(c1ccccc1)n1c(=O)[nH]c2ccccc21. The highest BCUT2D eigenvalue weighted by atomic mass is 16.5. The number of nitrogens with one attached hydrogen (secondary N) is 1. The standard InChI is InChI=1S/C17H16N2O3/c1-2-22-16(20)15(12-8-4-3-5-9-12)19-14-11-7-6-10-13(14)18-17(19)21/h3-11,15H,2H2,1H3,(H,18,21). The molecule has 1 unspecified atom stereocenters. The van der Waals surface area contributed by atoms with Crippen molar-refractivity contribution in [2.75, 3.05) is 6.61 Å². The van der Waals surface area contributed by atoms with Gasteiger partial charge in [-0.1, -0.05) is 42.5 Å². The average Bonchev–Trinajstić information content (AvgIpc) is 2.86. The molecular formula is C17H16N2O3. The van der Waals surface area contributed by atoms with Gasteiger partial charge in [0.25, 0.3) is 0 Å². The molecule has 0 saturated carbocycles. The zero-order valence-electron chi connectivity index (χ0n) is 12.2. The van der Waals surface area contributed by atoms with Crippen molar-refractivity contribution in [2.45, 2.75) is 13.0 Å². The second kappa shape index (κ2) is 5.89. The Bertz CT molecular complexity index is 849. The summed E-state index contributed by atoms with van der Waals surface area (Å²) in [6.07, 6.45) is 0. The quantitative estimate of drug-likeness (QED) is 0.752. The normalized spacial score (nSPS) is 12.2. The van der Waals surface area contributed by atoms with Crippen molar-refractivity contribution in [3.8, 4) is 0 Å². The summed E-state index contributed by atoms with van der Waals surface area (Å²) >= 11 is 0. The molecule has 0 spiro atoms. The summed E-state index contributed by atoms with van der Waals surface area (Å²) < 4.78 is 6.62. The minimum atomic E-state index is -0.801. The fraction of sp³-hybridized carbons (Fsp3) is 0.176. The van der Waals surface area contributed by atoms with E-state index in [4.69, 9.17) is 4.74 Å². The van der Waals surface area contributed by atoms with E-state index in [-0.39, 0.29) is 12.3 Å². The van der Waals surface area contributed by atoms with Crippen LogP contribution < -0.4 is 5.69 Å². The lowest BCUT2D eigenvalue weighted by molar-refractivity contribution is -0.145. The van der Waals surface area contributed by atoms with Gasteiger partial charge in [0.05, 0.1) is 17.6 Å². The van der Waals surface area contributed by atoms with Gasteiger partial charge in [0.15, 0.2) is 6.04 Å². The molecule has 3 rings (SSSR count). The average molecular weight is 296 g/mol. The van der Waals surface area contributed by atoms with Crippen molar-refractivity contribution in [1.29, 1.82) is 0 Å². The number of hydrogen-bond acceptors (Lipinski definition) is 3. The first-order valence-corrected chi connectivity index (χ1v) is 7.13. The number of esters is 1. The Balaban J connectivity index is 2.22. The highest BCUT2D eigenvalue weighted by Crippen LogP contribution is 2.23. The number of para-hydroxylation sites is 2. The molecule has 5 nitrogen and oxygen atoms in total. The number of nitrogens with zero attached hydrogens (tertiary/aromatic N) is 1. The summed E-state index contributed by atoms with van der Waals surface area (Å²) in [6, 6.07) is 15.6. The lowest BCUT2D eigenvalue weighted by Crippen LogP contribution is -2.30. The molecule has 5 heteroatoms. The van der Waals surface area contributed by atoms with Gasteiger partial charge < -0.3 is 9.72 Å². The maximum absolute atomic E-state index is 12.4. The molecule has 1 N–H and O–H groups in total. The lowest BCUT2D eigenvalue weighted by Gasteiger charge is -2.17. The second-order valence-electron chi connectivity index (χ2n) is 4.88. The molecule has 0 aliphatic rings. The number of ether oxygens (including phenoxy) is 1. The van der Waals surface area contributed by atoms with Crippen LogP contribution in [0.5, 0.6) is 0 Å². The van der Waals surface area contributed by atoms with Crippen LogP contribution in [0.2, 0.25) is 0 Å². The van der Waals surface area contributed by atoms with Gasteiger partial charge in [-0.15, -0.1) is 0 Å². The van der Waals surface area contributed by atoms with Crippen molar-refractivity contribution in [1.82, 2.24) is 9.55 Å². The van der Waals surface area contributed by atoms with Crippen LogP contribution in [0.3, 0.4) is 0 Å². The largest absolute Gasteiger partial charge is 0.464 e.